The summed E-state index contributed by atoms with van der Waals surface area (Å²) in [4.78, 5) is 26.2. The van der Waals surface area contributed by atoms with Gasteiger partial charge in [-0.1, -0.05) is 0 Å². The third-order valence-electron chi connectivity index (χ3n) is 6.86. The summed E-state index contributed by atoms with van der Waals surface area (Å²) in [5.41, 5.74) is -0.438. The third-order valence-corrected chi connectivity index (χ3v) is 6.86. The van der Waals surface area contributed by atoms with Gasteiger partial charge in [-0.05, 0) is 25.7 Å². The average Bonchev–Trinajstić information content (AvgIpc) is 3.32. The zero-order chi connectivity index (χ0) is 19.9. The highest BCUT2D eigenvalue weighted by Crippen LogP contribution is 2.54. The Kier molecular flexibility index (Phi) is 5.33. The first kappa shape index (κ1) is 19.9. The zero-order valence-electron chi connectivity index (χ0n) is 15.8. The number of amides is 2. The first-order chi connectivity index (χ1) is 13.3. The van der Waals surface area contributed by atoms with Crippen LogP contribution in [0.5, 0.6) is 0 Å². The summed E-state index contributed by atoms with van der Waals surface area (Å²) < 4.78 is 48.8. The van der Waals surface area contributed by atoms with E-state index in [1.54, 1.807) is 0 Å². The van der Waals surface area contributed by atoms with Gasteiger partial charge in [-0.2, -0.15) is 13.2 Å². The lowest BCUT2D eigenvalue weighted by Gasteiger charge is -2.30. The van der Waals surface area contributed by atoms with Crippen molar-refractivity contribution in [1.29, 1.82) is 0 Å². The molecule has 4 aliphatic heterocycles. The van der Waals surface area contributed by atoms with Crippen LogP contribution in [-0.4, -0.2) is 67.4 Å². The van der Waals surface area contributed by atoms with Gasteiger partial charge in [0.2, 0.25) is 11.8 Å². The van der Waals surface area contributed by atoms with Crippen LogP contribution >= 0.6 is 0 Å². The summed E-state index contributed by atoms with van der Waals surface area (Å²) in [5.74, 6) is -0.255. The summed E-state index contributed by atoms with van der Waals surface area (Å²) in [6, 6.07) is 0. The molecule has 0 saturated carbocycles. The molecule has 4 saturated heterocycles. The molecule has 0 aromatic heterocycles. The van der Waals surface area contributed by atoms with E-state index in [-0.39, 0.29) is 29.8 Å². The summed E-state index contributed by atoms with van der Waals surface area (Å²) in [6.07, 6.45) is -2.71. The summed E-state index contributed by atoms with van der Waals surface area (Å²) >= 11 is 0. The number of carbonyl (C=O) groups is 2. The fraction of sp³-hybridized carbons (Fsp3) is 0.895. The second-order valence-electron chi connectivity index (χ2n) is 8.55. The molecule has 2 amide bonds. The van der Waals surface area contributed by atoms with Gasteiger partial charge < -0.3 is 19.7 Å². The lowest BCUT2D eigenvalue weighted by Crippen LogP contribution is -2.43. The summed E-state index contributed by atoms with van der Waals surface area (Å²) in [7, 11) is 0. The number of hydrogen-bond donors (Lipinski definition) is 1. The van der Waals surface area contributed by atoms with Crippen molar-refractivity contribution >= 4 is 11.8 Å². The molecule has 6 nitrogen and oxygen atoms in total. The molecule has 2 bridgehead atoms. The minimum atomic E-state index is -4.32. The Morgan fingerprint density at radius 1 is 1.18 bits per heavy atom. The van der Waals surface area contributed by atoms with Gasteiger partial charge in [0.15, 0.2) is 0 Å². The molecular formula is C19H27F3N2O4. The van der Waals surface area contributed by atoms with Crippen molar-refractivity contribution in [2.75, 3.05) is 32.8 Å². The van der Waals surface area contributed by atoms with Gasteiger partial charge in [-0.3, -0.25) is 9.59 Å². The van der Waals surface area contributed by atoms with Gasteiger partial charge in [0.25, 0.3) is 0 Å². The number of halogens is 3. The first-order valence-corrected chi connectivity index (χ1v) is 10.2. The van der Waals surface area contributed by atoms with E-state index in [9.17, 15) is 22.8 Å². The van der Waals surface area contributed by atoms with E-state index in [4.69, 9.17) is 9.47 Å². The number of alkyl halides is 3. The van der Waals surface area contributed by atoms with Crippen LogP contribution in [0.25, 0.3) is 0 Å². The Morgan fingerprint density at radius 3 is 2.64 bits per heavy atom. The van der Waals surface area contributed by atoms with Crippen LogP contribution in [-0.2, 0) is 19.1 Å². The summed E-state index contributed by atoms with van der Waals surface area (Å²) in [5, 5.41) is 3.05. The fourth-order valence-electron chi connectivity index (χ4n) is 5.38. The molecule has 1 N–H and O–H groups in total. The molecule has 4 atom stereocenters. The van der Waals surface area contributed by atoms with Gasteiger partial charge in [0, 0.05) is 50.5 Å². The number of carbonyl (C=O) groups excluding carboxylic acids is 2. The van der Waals surface area contributed by atoms with E-state index in [0.29, 0.717) is 32.8 Å². The highest BCUT2D eigenvalue weighted by molar-refractivity contribution is 5.78. The SMILES string of the molecule is O=C(NC[C@H]1[C@H]2CN(C(=O)CCC(F)(F)F)C[C@]23CC[C@H]1O3)C1CCOCC1. The Morgan fingerprint density at radius 2 is 1.93 bits per heavy atom. The number of likely N-dealkylation sites (tertiary alicyclic amines) is 1. The van der Waals surface area contributed by atoms with Crippen molar-refractivity contribution < 1.29 is 32.2 Å². The monoisotopic (exact) mass is 404 g/mol. The standard InChI is InChI=1S/C19H27F3N2O4/c20-19(21,22)6-2-16(25)24-10-14-13(15-1-5-18(14,11-24)28-15)9-23-17(26)12-3-7-27-8-4-12/h12-15H,1-11H2,(H,23,26)/t13-,14+,15+,18+/m0/s1. The number of fused-ring (bicyclic) bond motifs is 1. The molecule has 4 rings (SSSR count). The normalized spacial score (nSPS) is 35.2. The summed E-state index contributed by atoms with van der Waals surface area (Å²) in [6.45, 7) is 2.50. The highest BCUT2D eigenvalue weighted by Gasteiger charge is 2.63. The van der Waals surface area contributed by atoms with Crippen LogP contribution in [0.15, 0.2) is 0 Å². The molecule has 0 unspecified atom stereocenters. The van der Waals surface area contributed by atoms with E-state index in [2.05, 4.69) is 5.32 Å². The molecule has 1 spiro atoms. The second-order valence-corrected chi connectivity index (χ2v) is 8.55. The van der Waals surface area contributed by atoms with Crippen molar-refractivity contribution in [1.82, 2.24) is 10.2 Å². The minimum absolute atomic E-state index is 0.0220. The Bertz CT molecular complexity index is 623. The maximum absolute atomic E-state index is 12.4. The smallest absolute Gasteiger partial charge is 0.381 e. The van der Waals surface area contributed by atoms with E-state index in [1.807, 2.05) is 0 Å². The van der Waals surface area contributed by atoms with Crippen molar-refractivity contribution in [3.8, 4) is 0 Å². The van der Waals surface area contributed by atoms with Crippen LogP contribution in [0, 0.1) is 17.8 Å². The fourth-order valence-corrected chi connectivity index (χ4v) is 5.38. The minimum Gasteiger partial charge on any atom is -0.381 e. The van der Waals surface area contributed by atoms with E-state index in [1.165, 1.54) is 4.90 Å². The van der Waals surface area contributed by atoms with Crippen molar-refractivity contribution in [3.05, 3.63) is 0 Å². The number of nitrogens with one attached hydrogen (secondary N) is 1. The Balaban J connectivity index is 1.33. The third kappa shape index (κ3) is 3.87. The van der Waals surface area contributed by atoms with Crippen LogP contribution in [0.1, 0.15) is 38.5 Å². The first-order valence-electron chi connectivity index (χ1n) is 10.2. The maximum Gasteiger partial charge on any atom is 0.389 e. The predicted molar refractivity (Wildman–Crippen MR) is 92.2 cm³/mol. The van der Waals surface area contributed by atoms with Gasteiger partial charge in [-0.25, -0.2) is 0 Å². The number of hydrogen-bond acceptors (Lipinski definition) is 4. The van der Waals surface area contributed by atoms with E-state index < -0.39 is 30.5 Å². The molecule has 158 valence electrons. The van der Waals surface area contributed by atoms with Crippen LogP contribution < -0.4 is 5.32 Å². The van der Waals surface area contributed by atoms with Crippen LogP contribution in [0.2, 0.25) is 0 Å². The topological polar surface area (TPSA) is 67.9 Å². The largest absolute Gasteiger partial charge is 0.389 e. The molecule has 28 heavy (non-hydrogen) atoms. The lowest BCUT2D eigenvalue weighted by atomic mass is 9.73. The van der Waals surface area contributed by atoms with E-state index in [0.717, 1.165) is 25.7 Å². The van der Waals surface area contributed by atoms with Crippen LogP contribution in [0.4, 0.5) is 13.2 Å². The lowest BCUT2D eigenvalue weighted by molar-refractivity contribution is -0.149. The van der Waals surface area contributed by atoms with Gasteiger partial charge in [0.1, 0.15) is 0 Å². The number of rotatable bonds is 5. The van der Waals surface area contributed by atoms with Crippen molar-refractivity contribution in [2.24, 2.45) is 17.8 Å². The molecule has 9 heteroatoms. The van der Waals surface area contributed by atoms with Gasteiger partial charge >= 0.3 is 6.18 Å². The maximum atomic E-state index is 12.4. The van der Waals surface area contributed by atoms with Crippen LogP contribution in [0.3, 0.4) is 0 Å². The average molecular weight is 404 g/mol. The second kappa shape index (κ2) is 7.48. The Labute approximate surface area is 162 Å². The number of ether oxygens (including phenoxy) is 2. The molecule has 4 heterocycles. The predicted octanol–water partition coefficient (Wildman–Crippen LogP) is 1.88. The highest BCUT2D eigenvalue weighted by atomic mass is 19.4. The molecular weight excluding hydrogens is 377 g/mol. The molecule has 0 aromatic rings. The molecule has 0 aliphatic carbocycles. The van der Waals surface area contributed by atoms with Crippen molar-refractivity contribution in [2.45, 2.75) is 56.4 Å². The molecule has 4 fully saturated rings. The molecule has 4 aliphatic rings. The van der Waals surface area contributed by atoms with Gasteiger partial charge in [0.05, 0.1) is 24.7 Å². The Hall–Kier alpha value is -1.35. The molecule has 0 radical (unpaired) electrons. The number of nitrogens with zero attached hydrogens (tertiary/aromatic N) is 1. The quantitative estimate of drug-likeness (QED) is 0.760. The van der Waals surface area contributed by atoms with Crippen molar-refractivity contribution in [3.63, 3.8) is 0 Å². The zero-order valence-corrected chi connectivity index (χ0v) is 15.8. The molecule has 0 aromatic carbocycles. The van der Waals surface area contributed by atoms with E-state index >= 15 is 0 Å². The van der Waals surface area contributed by atoms with Gasteiger partial charge in [-0.15, -0.1) is 0 Å².